The maximum Gasteiger partial charge on any atom is 0.403 e. The molecule has 0 spiro atoms. The molecule has 1 N–H and O–H groups in total. The molecule has 0 aromatic heterocycles. The number of nitrogens with one attached hydrogen (secondary N) is 1. The number of hydrogen-bond donors (Lipinski definition) is 1. The Morgan fingerprint density at radius 1 is 1.10 bits per heavy atom. The van der Waals surface area contributed by atoms with Gasteiger partial charge in [-0.3, -0.25) is 5.32 Å². The highest BCUT2D eigenvalue weighted by Gasteiger charge is 2.42. The third kappa shape index (κ3) is 3.17. The molecule has 1 aromatic rings. The first-order valence-corrected chi connectivity index (χ1v) is 6.50. The van der Waals surface area contributed by atoms with Crippen LogP contribution in [-0.4, -0.2) is 26.4 Å². The zero-order valence-corrected chi connectivity index (χ0v) is 11.5. The molecule has 112 valence electrons. The zero-order chi connectivity index (χ0) is 14.8. The van der Waals surface area contributed by atoms with Gasteiger partial charge in [-0.1, -0.05) is 6.07 Å². The van der Waals surface area contributed by atoms with E-state index in [-0.39, 0.29) is 12.5 Å². The fourth-order valence-electron chi connectivity index (χ4n) is 2.53. The van der Waals surface area contributed by atoms with Crippen molar-refractivity contribution >= 4 is 0 Å². The number of benzene rings is 1. The van der Waals surface area contributed by atoms with Crippen LogP contribution in [0.1, 0.15) is 30.9 Å². The van der Waals surface area contributed by atoms with Gasteiger partial charge in [-0.2, -0.15) is 13.2 Å². The molecule has 0 aliphatic carbocycles. The van der Waals surface area contributed by atoms with Crippen LogP contribution >= 0.6 is 0 Å². The van der Waals surface area contributed by atoms with Gasteiger partial charge in [-0.15, -0.1) is 0 Å². The quantitative estimate of drug-likeness (QED) is 0.924. The van der Waals surface area contributed by atoms with Gasteiger partial charge in [0.1, 0.15) is 6.04 Å². The van der Waals surface area contributed by atoms with Gasteiger partial charge in [0.25, 0.3) is 0 Å². The molecule has 2 unspecified atom stereocenters. The fourth-order valence-corrected chi connectivity index (χ4v) is 2.53. The highest BCUT2D eigenvalue weighted by molar-refractivity contribution is 5.43. The summed E-state index contributed by atoms with van der Waals surface area (Å²) in [5.74, 6) is 1.10. The molecular weight excluding hydrogens is 271 g/mol. The summed E-state index contributed by atoms with van der Waals surface area (Å²) < 4.78 is 48.7. The van der Waals surface area contributed by atoms with Gasteiger partial charge in [0.05, 0.1) is 14.2 Å². The molecular formula is C14H18F3NO2. The van der Waals surface area contributed by atoms with Gasteiger partial charge >= 0.3 is 6.18 Å². The average Bonchev–Trinajstić information content (AvgIpc) is 2.45. The van der Waals surface area contributed by atoms with E-state index in [0.29, 0.717) is 24.3 Å². The Hall–Kier alpha value is -1.43. The third-order valence-corrected chi connectivity index (χ3v) is 3.59. The van der Waals surface area contributed by atoms with Crippen LogP contribution < -0.4 is 14.8 Å². The van der Waals surface area contributed by atoms with E-state index in [1.54, 1.807) is 18.2 Å². The van der Waals surface area contributed by atoms with E-state index in [4.69, 9.17) is 9.47 Å². The Morgan fingerprint density at radius 2 is 1.80 bits per heavy atom. The molecule has 6 heteroatoms. The standard InChI is InChI=1S/C14H18F3NO2/c1-19-11-7-6-9(8-12(11)20-2)10-4-3-5-13(18-10)14(15,16)17/h6-8,10,13,18H,3-5H2,1-2H3. The summed E-state index contributed by atoms with van der Waals surface area (Å²) in [5, 5.41) is 2.68. The van der Waals surface area contributed by atoms with Crippen molar-refractivity contribution in [3.63, 3.8) is 0 Å². The molecule has 1 saturated heterocycles. The predicted octanol–water partition coefficient (Wildman–Crippen LogP) is 3.45. The minimum Gasteiger partial charge on any atom is -0.493 e. The molecule has 1 aliphatic heterocycles. The summed E-state index contributed by atoms with van der Waals surface area (Å²) in [5.41, 5.74) is 0.789. The van der Waals surface area contributed by atoms with Gasteiger partial charge in [-0.05, 0) is 37.0 Å². The van der Waals surface area contributed by atoms with Gasteiger partial charge in [0.2, 0.25) is 0 Å². The maximum atomic E-state index is 12.8. The Morgan fingerprint density at radius 3 is 2.40 bits per heavy atom. The Bertz CT molecular complexity index is 462. The number of halogens is 3. The third-order valence-electron chi connectivity index (χ3n) is 3.59. The number of alkyl halides is 3. The lowest BCUT2D eigenvalue weighted by atomic mass is 9.93. The van der Waals surface area contributed by atoms with Crippen molar-refractivity contribution in [3.8, 4) is 11.5 Å². The molecule has 0 radical (unpaired) electrons. The van der Waals surface area contributed by atoms with E-state index in [9.17, 15) is 13.2 Å². The van der Waals surface area contributed by atoms with Crippen molar-refractivity contribution in [2.75, 3.05) is 14.2 Å². The second kappa shape index (κ2) is 5.91. The largest absolute Gasteiger partial charge is 0.493 e. The van der Waals surface area contributed by atoms with Gasteiger partial charge in [0.15, 0.2) is 11.5 Å². The summed E-state index contributed by atoms with van der Waals surface area (Å²) in [6.45, 7) is 0. The van der Waals surface area contributed by atoms with Gasteiger partial charge < -0.3 is 9.47 Å². The lowest BCUT2D eigenvalue weighted by molar-refractivity contribution is -0.163. The predicted molar refractivity (Wildman–Crippen MR) is 69.1 cm³/mol. The Labute approximate surface area is 116 Å². The Kier molecular flexibility index (Phi) is 4.42. The smallest absolute Gasteiger partial charge is 0.403 e. The number of rotatable bonds is 3. The van der Waals surface area contributed by atoms with Crippen molar-refractivity contribution in [2.45, 2.75) is 37.5 Å². The zero-order valence-electron chi connectivity index (χ0n) is 11.5. The summed E-state index contributed by atoms with van der Waals surface area (Å²) >= 11 is 0. The van der Waals surface area contributed by atoms with Crippen LogP contribution in [0, 0.1) is 0 Å². The molecule has 0 bridgehead atoms. The second-order valence-corrected chi connectivity index (χ2v) is 4.86. The van der Waals surface area contributed by atoms with Gasteiger partial charge in [-0.25, -0.2) is 0 Å². The summed E-state index contributed by atoms with van der Waals surface area (Å²) in [6.07, 6.45) is -2.83. The number of methoxy groups -OCH3 is 2. The molecule has 1 aliphatic rings. The first-order valence-electron chi connectivity index (χ1n) is 6.50. The number of piperidine rings is 1. The summed E-state index contributed by atoms with van der Waals surface area (Å²) in [7, 11) is 3.03. The lowest BCUT2D eigenvalue weighted by Gasteiger charge is -2.32. The number of ether oxygens (including phenoxy) is 2. The van der Waals surface area contributed by atoms with Crippen LogP contribution in [0.15, 0.2) is 18.2 Å². The highest BCUT2D eigenvalue weighted by Crippen LogP contribution is 2.36. The normalized spacial score (nSPS) is 23.4. The molecule has 2 rings (SSSR count). The maximum absolute atomic E-state index is 12.8. The van der Waals surface area contributed by atoms with Crippen molar-refractivity contribution < 1.29 is 22.6 Å². The SMILES string of the molecule is COc1ccc(C2CCCC(C(F)(F)F)N2)cc1OC. The summed E-state index contributed by atoms with van der Waals surface area (Å²) in [4.78, 5) is 0. The molecule has 2 atom stereocenters. The number of hydrogen-bond acceptors (Lipinski definition) is 3. The average molecular weight is 289 g/mol. The van der Waals surface area contributed by atoms with E-state index in [1.807, 2.05) is 0 Å². The minimum atomic E-state index is -4.20. The van der Waals surface area contributed by atoms with Crippen molar-refractivity contribution in [1.29, 1.82) is 0 Å². The second-order valence-electron chi connectivity index (χ2n) is 4.86. The molecule has 3 nitrogen and oxygen atoms in total. The molecule has 0 amide bonds. The molecule has 0 saturated carbocycles. The van der Waals surface area contributed by atoms with E-state index in [0.717, 1.165) is 5.56 Å². The van der Waals surface area contributed by atoms with Crippen LogP contribution in [0.25, 0.3) is 0 Å². The molecule has 1 aromatic carbocycles. The van der Waals surface area contributed by atoms with Crippen LogP contribution in [-0.2, 0) is 0 Å². The van der Waals surface area contributed by atoms with Crippen LogP contribution in [0.5, 0.6) is 11.5 Å². The monoisotopic (exact) mass is 289 g/mol. The fraction of sp³-hybridized carbons (Fsp3) is 0.571. The van der Waals surface area contributed by atoms with Crippen LogP contribution in [0.4, 0.5) is 13.2 Å². The van der Waals surface area contributed by atoms with E-state index < -0.39 is 12.2 Å². The van der Waals surface area contributed by atoms with Crippen molar-refractivity contribution in [3.05, 3.63) is 23.8 Å². The van der Waals surface area contributed by atoms with E-state index in [1.165, 1.54) is 14.2 Å². The van der Waals surface area contributed by atoms with Crippen molar-refractivity contribution in [1.82, 2.24) is 5.32 Å². The molecule has 1 heterocycles. The first-order chi connectivity index (χ1) is 9.45. The lowest BCUT2D eigenvalue weighted by Crippen LogP contribution is -2.46. The highest BCUT2D eigenvalue weighted by atomic mass is 19.4. The van der Waals surface area contributed by atoms with Crippen LogP contribution in [0.3, 0.4) is 0 Å². The van der Waals surface area contributed by atoms with E-state index in [2.05, 4.69) is 5.32 Å². The molecule has 20 heavy (non-hydrogen) atoms. The summed E-state index contributed by atoms with van der Waals surface area (Å²) in [6, 6.07) is 3.48. The Balaban J connectivity index is 2.19. The first kappa shape index (κ1) is 15.0. The van der Waals surface area contributed by atoms with Gasteiger partial charge in [0, 0.05) is 6.04 Å². The topological polar surface area (TPSA) is 30.5 Å². The molecule has 1 fully saturated rings. The van der Waals surface area contributed by atoms with Crippen LogP contribution in [0.2, 0.25) is 0 Å². The van der Waals surface area contributed by atoms with Crippen molar-refractivity contribution in [2.24, 2.45) is 0 Å². The van der Waals surface area contributed by atoms with E-state index >= 15 is 0 Å². The minimum absolute atomic E-state index is 0.132.